The number of carboxylic acid groups (broad SMARTS) is 2. The summed E-state index contributed by atoms with van der Waals surface area (Å²) in [4.78, 5) is 21.2. The fraction of sp³-hybridized carbons (Fsp3) is 0.778. The summed E-state index contributed by atoms with van der Waals surface area (Å²) in [5.74, 6) is -1.81. The number of hydrogen-bond acceptors (Lipinski definition) is 2. The second kappa shape index (κ2) is 4.95. The van der Waals surface area contributed by atoms with Gasteiger partial charge in [0.2, 0.25) is 0 Å². The molecule has 0 rings (SSSR count). The minimum atomic E-state index is -1.16. The van der Waals surface area contributed by atoms with Crippen molar-refractivity contribution in [1.29, 1.82) is 0 Å². The summed E-state index contributed by atoms with van der Waals surface area (Å²) in [6.45, 7) is 3.78. The molecule has 0 aliphatic heterocycles. The van der Waals surface area contributed by atoms with E-state index in [9.17, 15) is 9.59 Å². The van der Waals surface area contributed by atoms with Crippen molar-refractivity contribution in [3.63, 3.8) is 0 Å². The van der Waals surface area contributed by atoms with Crippen LogP contribution in [0.15, 0.2) is 0 Å². The molecular weight excluding hydrogens is 186 g/mol. The first-order valence-corrected chi connectivity index (χ1v) is 4.58. The van der Waals surface area contributed by atoms with Crippen LogP contribution in [0, 0.1) is 5.92 Å². The van der Waals surface area contributed by atoms with Crippen molar-refractivity contribution in [2.45, 2.75) is 38.6 Å². The third kappa shape index (κ3) is 4.23. The van der Waals surface area contributed by atoms with Crippen LogP contribution in [0.3, 0.4) is 0 Å². The first-order chi connectivity index (χ1) is 6.28. The molecule has 0 bridgehead atoms. The highest BCUT2D eigenvalue weighted by Crippen LogP contribution is 2.18. The highest BCUT2D eigenvalue weighted by molar-refractivity contribution is 5.77. The van der Waals surface area contributed by atoms with Crippen LogP contribution in [0.5, 0.6) is 0 Å². The Kier molecular flexibility index (Phi) is 4.56. The molecule has 0 saturated carbocycles. The largest absolute Gasteiger partial charge is 0.481 e. The highest BCUT2D eigenvalue weighted by atomic mass is 16.4. The molecule has 5 N–H and O–H groups in total. The van der Waals surface area contributed by atoms with Gasteiger partial charge in [0.15, 0.2) is 5.54 Å². The molecule has 5 nitrogen and oxygen atoms in total. The van der Waals surface area contributed by atoms with Crippen molar-refractivity contribution in [2.75, 3.05) is 0 Å². The summed E-state index contributed by atoms with van der Waals surface area (Å²) < 4.78 is 0. The number of carboxylic acids is 2. The van der Waals surface area contributed by atoms with Crippen molar-refractivity contribution < 1.29 is 25.5 Å². The molecule has 0 aliphatic rings. The molecule has 0 saturated heterocycles. The monoisotopic (exact) mass is 204 g/mol. The summed E-state index contributed by atoms with van der Waals surface area (Å²) >= 11 is 0. The van der Waals surface area contributed by atoms with Crippen molar-refractivity contribution in [3.05, 3.63) is 0 Å². The normalized spacial score (nSPS) is 15.1. The van der Waals surface area contributed by atoms with Crippen LogP contribution in [0.1, 0.15) is 33.1 Å². The zero-order valence-electron chi connectivity index (χ0n) is 8.62. The van der Waals surface area contributed by atoms with Gasteiger partial charge in [-0.15, -0.1) is 0 Å². The second-order valence-corrected chi connectivity index (χ2v) is 4.08. The predicted octanol–water partition coefficient (Wildman–Crippen LogP) is -0.0374. The standard InChI is InChI=1S/C9H17NO4/c1-6(2)5-9(10,8(13)14)4-3-7(11)12/h6H,3-5,10H2,1-2H3,(H,11,12)(H,13,14)/p+1. The van der Waals surface area contributed by atoms with Gasteiger partial charge in [-0.1, -0.05) is 13.8 Å². The predicted molar refractivity (Wildman–Crippen MR) is 49.6 cm³/mol. The number of carbonyl (C=O) groups is 2. The number of quaternary nitrogens is 1. The van der Waals surface area contributed by atoms with E-state index in [1.54, 1.807) is 0 Å². The van der Waals surface area contributed by atoms with Gasteiger partial charge in [0.25, 0.3) is 0 Å². The van der Waals surface area contributed by atoms with Gasteiger partial charge in [0.05, 0.1) is 6.42 Å². The Balaban J connectivity index is 4.39. The van der Waals surface area contributed by atoms with E-state index in [0.29, 0.717) is 6.42 Å². The Hall–Kier alpha value is -1.10. The maximum atomic E-state index is 10.9. The van der Waals surface area contributed by atoms with E-state index in [1.165, 1.54) is 0 Å². The molecule has 0 amide bonds. The number of hydrogen-bond donors (Lipinski definition) is 3. The summed E-state index contributed by atoms with van der Waals surface area (Å²) in [5, 5.41) is 17.4. The Labute approximate surface area is 82.9 Å². The Morgan fingerprint density at radius 1 is 1.36 bits per heavy atom. The fourth-order valence-electron chi connectivity index (χ4n) is 1.42. The average Bonchev–Trinajstić information content (AvgIpc) is 1.99. The first kappa shape index (κ1) is 12.9. The van der Waals surface area contributed by atoms with E-state index in [-0.39, 0.29) is 18.8 Å². The van der Waals surface area contributed by atoms with Crippen molar-refractivity contribution >= 4 is 11.9 Å². The van der Waals surface area contributed by atoms with E-state index in [1.807, 2.05) is 13.8 Å². The van der Waals surface area contributed by atoms with Gasteiger partial charge < -0.3 is 15.9 Å². The Morgan fingerprint density at radius 3 is 2.14 bits per heavy atom. The smallest absolute Gasteiger partial charge is 0.365 e. The van der Waals surface area contributed by atoms with E-state index >= 15 is 0 Å². The molecule has 5 heteroatoms. The van der Waals surface area contributed by atoms with Gasteiger partial charge in [0.1, 0.15) is 0 Å². The summed E-state index contributed by atoms with van der Waals surface area (Å²) in [7, 11) is 0. The lowest BCUT2D eigenvalue weighted by molar-refractivity contribution is -0.467. The van der Waals surface area contributed by atoms with Gasteiger partial charge in [-0.3, -0.25) is 4.79 Å². The number of aliphatic carboxylic acids is 2. The van der Waals surface area contributed by atoms with Gasteiger partial charge >= 0.3 is 11.9 Å². The molecule has 82 valence electrons. The summed E-state index contributed by atoms with van der Waals surface area (Å²) in [6, 6.07) is 0. The molecule has 0 heterocycles. The Bertz CT molecular complexity index is 227. The molecule has 0 aliphatic carbocycles. The van der Waals surface area contributed by atoms with Crippen LogP contribution < -0.4 is 5.73 Å². The average molecular weight is 204 g/mol. The van der Waals surface area contributed by atoms with Crippen LogP contribution in [0.25, 0.3) is 0 Å². The van der Waals surface area contributed by atoms with Crippen molar-refractivity contribution in [1.82, 2.24) is 0 Å². The molecular formula is C9H18NO4+. The molecule has 0 radical (unpaired) electrons. The van der Waals surface area contributed by atoms with Gasteiger partial charge in [-0.2, -0.15) is 0 Å². The molecule has 1 unspecified atom stereocenters. The first-order valence-electron chi connectivity index (χ1n) is 4.58. The lowest BCUT2D eigenvalue weighted by atomic mass is 9.86. The van der Waals surface area contributed by atoms with Crippen LogP contribution in [-0.4, -0.2) is 27.7 Å². The van der Waals surface area contributed by atoms with E-state index < -0.39 is 17.5 Å². The fourth-order valence-corrected chi connectivity index (χ4v) is 1.42. The topological polar surface area (TPSA) is 102 Å². The maximum absolute atomic E-state index is 10.9. The maximum Gasteiger partial charge on any atom is 0.365 e. The molecule has 0 spiro atoms. The molecule has 14 heavy (non-hydrogen) atoms. The van der Waals surface area contributed by atoms with Crippen LogP contribution in [-0.2, 0) is 9.59 Å². The third-order valence-electron chi connectivity index (χ3n) is 2.07. The van der Waals surface area contributed by atoms with Gasteiger partial charge in [0, 0.05) is 12.8 Å². The molecule has 0 aromatic heterocycles. The molecule has 0 aromatic carbocycles. The quantitative estimate of drug-likeness (QED) is 0.565. The van der Waals surface area contributed by atoms with Gasteiger partial charge in [-0.05, 0) is 5.92 Å². The SMILES string of the molecule is CC(C)CC([NH3+])(CCC(=O)O)C(=O)O. The lowest BCUT2D eigenvalue weighted by Gasteiger charge is -2.22. The van der Waals surface area contributed by atoms with E-state index in [4.69, 9.17) is 10.2 Å². The summed E-state index contributed by atoms with van der Waals surface area (Å²) in [5.41, 5.74) is 2.46. The molecule has 1 atom stereocenters. The third-order valence-corrected chi connectivity index (χ3v) is 2.07. The van der Waals surface area contributed by atoms with E-state index in [0.717, 1.165) is 0 Å². The number of rotatable bonds is 6. The summed E-state index contributed by atoms with van der Waals surface area (Å²) in [6.07, 6.45) is 0.327. The zero-order chi connectivity index (χ0) is 11.4. The van der Waals surface area contributed by atoms with Crippen molar-refractivity contribution in [3.8, 4) is 0 Å². The lowest BCUT2D eigenvalue weighted by Crippen LogP contribution is -2.77. The molecule has 0 fully saturated rings. The molecule has 0 aromatic rings. The van der Waals surface area contributed by atoms with Crippen molar-refractivity contribution in [2.24, 2.45) is 5.92 Å². The van der Waals surface area contributed by atoms with Crippen LogP contribution in [0.4, 0.5) is 0 Å². The minimum Gasteiger partial charge on any atom is -0.481 e. The zero-order valence-corrected chi connectivity index (χ0v) is 8.62. The second-order valence-electron chi connectivity index (χ2n) is 4.08. The minimum absolute atomic E-state index is 0.0792. The Morgan fingerprint density at radius 2 is 1.86 bits per heavy atom. The van der Waals surface area contributed by atoms with E-state index in [2.05, 4.69) is 5.73 Å². The van der Waals surface area contributed by atoms with Crippen LogP contribution >= 0.6 is 0 Å². The van der Waals surface area contributed by atoms with Gasteiger partial charge in [-0.25, -0.2) is 4.79 Å². The highest BCUT2D eigenvalue weighted by Gasteiger charge is 2.39. The van der Waals surface area contributed by atoms with Crippen LogP contribution in [0.2, 0.25) is 0 Å².